The standard InChI is InChI=1S/C15H17N3O/c1-11-17-13-7-12(3-4-14(13)19-11)8-18(2)10-15(9-16)5-6-15/h3-4,7H,5-6,8,10H2,1-2H3. The van der Waals surface area contributed by atoms with Gasteiger partial charge < -0.3 is 9.32 Å². The Morgan fingerprint density at radius 3 is 2.95 bits per heavy atom. The summed E-state index contributed by atoms with van der Waals surface area (Å²) in [5, 5.41) is 9.12. The molecule has 0 N–H and O–H groups in total. The molecule has 0 spiro atoms. The van der Waals surface area contributed by atoms with Crippen molar-refractivity contribution in [2.45, 2.75) is 26.3 Å². The molecular weight excluding hydrogens is 238 g/mol. The Kier molecular flexibility index (Phi) is 2.79. The maximum absolute atomic E-state index is 9.12. The highest BCUT2D eigenvalue weighted by Gasteiger charge is 2.43. The van der Waals surface area contributed by atoms with Crippen molar-refractivity contribution in [1.29, 1.82) is 5.26 Å². The van der Waals surface area contributed by atoms with Crippen molar-refractivity contribution in [1.82, 2.24) is 9.88 Å². The van der Waals surface area contributed by atoms with E-state index in [4.69, 9.17) is 9.68 Å². The van der Waals surface area contributed by atoms with Crippen LogP contribution in [0, 0.1) is 23.7 Å². The molecule has 0 atom stereocenters. The molecule has 0 bridgehead atoms. The van der Waals surface area contributed by atoms with E-state index in [2.05, 4.69) is 35.1 Å². The van der Waals surface area contributed by atoms with E-state index in [9.17, 15) is 0 Å². The summed E-state index contributed by atoms with van der Waals surface area (Å²) >= 11 is 0. The summed E-state index contributed by atoms with van der Waals surface area (Å²) in [6.45, 7) is 3.54. The molecule has 2 aromatic rings. The molecule has 98 valence electrons. The van der Waals surface area contributed by atoms with Crippen molar-refractivity contribution in [2.75, 3.05) is 13.6 Å². The maximum atomic E-state index is 9.12. The van der Waals surface area contributed by atoms with E-state index >= 15 is 0 Å². The Labute approximate surface area is 112 Å². The zero-order valence-electron chi connectivity index (χ0n) is 11.3. The molecule has 1 aromatic carbocycles. The van der Waals surface area contributed by atoms with E-state index < -0.39 is 0 Å². The van der Waals surface area contributed by atoms with Gasteiger partial charge in [-0.2, -0.15) is 5.26 Å². The van der Waals surface area contributed by atoms with Gasteiger partial charge in [0.25, 0.3) is 0 Å². The molecule has 0 saturated heterocycles. The Morgan fingerprint density at radius 1 is 1.47 bits per heavy atom. The Balaban J connectivity index is 1.72. The molecule has 0 radical (unpaired) electrons. The van der Waals surface area contributed by atoms with Crippen LogP contribution in [0.15, 0.2) is 22.6 Å². The lowest BCUT2D eigenvalue weighted by Gasteiger charge is -2.19. The molecular formula is C15H17N3O. The van der Waals surface area contributed by atoms with Crippen LogP contribution in [0.1, 0.15) is 24.3 Å². The molecule has 0 amide bonds. The third-order valence-electron chi connectivity index (χ3n) is 3.67. The Morgan fingerprint density at radius 2 is 2.26 bits per heavy atom. The van der Waals surface area contributed by atoms with Gasteiger partial charge in [0.2, 0.25) is 0 Å². The molecule has 1 aliphatic carbocycles. The molecule has 1 saturated carbocycles. The first-order valence-electron chi connectivity index (χ1n) is 6.56. The number of rotatable bonds is 4. The zero-order valence-corrected chi connectivity index (χ0v) is 11.3. The molecule has 0 unspecified atom stereocenters. The van der Waals surface area contributed by atoms with Crippen LogP contribution in [-0.2, 0) is 6.54 Å². The lowest BCUT2D eigenvalue weighted by Crippen LogP contribution is -2.25. The van der Waals surface area contributed by atoms with E-state index in [1.54, 1.807) is 0 Å². The first-order chi connectivity index (χ1) is 9.10. The summed E-state index contributed by atoms with van der Waals surface area (Å²) in [5.74, 6) is 0.696. The number of nitrogens with zero attached hydrogens (tertiary/aromatic N) is 3. The predicted molar refractivity (Wildman–Crippen MR) is 72.4 cm³/mol. The number of benzene rings is 1. The van der Waals surface area contributed by atoms with Crippen LogP contribution in [0.4, 0.5) is 0 Å². The van der Waals surface area contributed by atoms with Crippen LogP contribution in [0.3, 0.4) is 0 Å². The number of fused-ring (bicyclic) bond motifs is 1. The van der Waals surface area contributed by atoms with Crippen molar-refractivity contribution >= 4 is 11.1 Å². The van der Waals surface area contributed by atoms with Crippen LogP contribution < -0.4 is 0 Å². The van der Waals surface area contributed by atoms with E-state index in [1.807, 2.05) is 13.0 Å². The molecule has 4 heteroatoms. The molecule has 1 aromatic heterocycles. The summed E-state index contributed by atoms with van der Waals surface area (Å²) in [6, 6.07) is 8.53. The van der Waals surface area contributed by atoms with Crippen LogP contribution in [-0.4, -0.2) is 23.5 Å². The van der Waals surface area contributed by atoms with Gasteiger partial charge in [-0.1, -0.05) is 6.07 Å². The summed E-state index contributed by atoms with van der Waals surface area (Å²) in [5.41, 5.74) is 2.87. The highest BCUT2D eigenvalue weighted by Crippen LogP contribution is 2.45. The lowest BCUT2D eigenvalue weighted by molar-refractivity contribution is 0.287. The number of hydrogen-bond acceptors (Lipinski definition) is 4. The quantitative estimate of drug-likeness (QED) is 0.843. The van der Waals surface area contributed by atoms with Gasteiger partial charge in [0, 0.05) is 20.0 Å². The van der Waals surface area contributed by atoms with E-state index in [0.717, 1.165) is 37.0 Å². The smallest absolute Gasteiger partial charge is 0.192 e. The van der Waals surface area contributed by atoms with Crippen molar-refractivity contribution < 1.29 is 4.42 Å². The number of hydrogen-bond donors (Lipinski definition) is 0. The molecule has 1 aliphatic rings. The highest BCUT2D eigenvalue weighted by molar-refractivity contribution is 5.73. The Hall–Kier alpha value is -1.86. The van der Waals surface area contributed by atoms with E-state index in [1.165, 1.54) is 5.56 Å². The van der Waals surface area contributed by atoms with Crippen LogP contribution in [0.2, 0.25) is 0 Å². The molecule has 1 heterocycles. The number of oxazole rings is 1. The van der Waals surface area contributed by atoms with Crippen LogP contribution in [0.5, 0.6) is 0 Å². The minimum Gasteiger partial charge on any atom is -0.441 e. The fourth-order valence-electron chi connectivity index (χ4n) is 2.53. The third-order valence-corrected chi connectivity index (χ3v) is 3.67. The lowest BCUT2D eigenvalue weighted by atomic mass is 10.1. The number of aromatic nitrogens is 1. The van der Waals surface area contributed by atoms with Crippen molar-refractivity contribution in [2.24, 2.45) is 5.41 Å². The third kappa shape index (κ3) is 2.47. The topological polar surface area (TPSA) is 53.1 Å². The monoisotopic (exact) mass is 255 g/mol. The minimum atomic E-state index is -0.0800. The molecule has 1 fully saturated rings. The van der Waals surface area contributed by atoms with E-state index in [-0.39, 0.29) is 5.41 Å². The summed E-state index contributed by atoms with van der Waals surface area (Å²) in [6.07, 6.45) is 2.07. The fourth-order valence-corrected chi connectivity index (χ4v) is 2.53. The average Bonchev–Trinajstić information content (AvgIpc) is 3.03. The SMILES string of the molecule is Cc1nc2cc(CN(C)CC3(C#N)CC3)ccc2o1. The zero-order chi connectivity index (χ0) is 13.5. The maximum Gasteiger partial charge on any atom is 0.192 e. The van der Waals surface area contributed by atoms with Crippen molar-refractivity contribution in [3.63, 3.8) is 0 Å². The van der Waals surface area contributed by atoms with Gasteiger partial charge in [-0.3, -0.25) is 0 Å². The van der Waals surface area contributed by atoms with Gasteiger partial charge in [0.15, 0.2) is 11.5 Å². The summed E-state index contributed by atoms with van der Waals surface area (Å²) in [7, 11) is 2.07. The van der Waals surface area contributed by atoms with Gasteiger partial charge in [-0.15, -0.1) is 0 Å². The van der Waals surface area contributed by atoms with Crippen LogP contribution >= 0.6 is 0 Å². The van der Waals surface area contributed by atoms with Gasteiger partial charge in [0.1, 0.15) is 5.52 Å². The molecule has 19 heavy (non-hydrogen) atoms. The molecule has 3 rings (SSSR count). The number of aryl methyl sites for hydroxylation is 1. The van der Waals surface area contributed by atoms with Crippen LogP contribution in [0.25, 0.3) is 11.1 Å². The highest BCUT2D eigenvalue weighted by atomic mass is 16.3. The minimum absolute atomic E-state index is 0.0800. The summed E-state index contributed by atoms with van der Waals surface area (Å²) < 4.78 is 5.47. The van der Waals surface area contributed by atoms with Gasteiger partial charge in [0.05, 0.1) is 11.5 Å². The second-order valence-electron chi connectivity index (χ2n) is 5.60. The number of nitriles is 1. The van der Waals surface area contributed by atoms with Gasteiger partial charge in [-0.05, 0) is 37.6 Å². The average molecular weight is 255 g/mol. The van der Waals surface area contributed by atoms with Crippen molar-refractivity contribution in [3.05, 3.63) is 29.7 Å². The second kappa shape index (κ2) is 4.36. The second-order valence-corrected chi connectivity index (χ2v) is 5.60. The normalized spacial score (nSPS) is 16.7. The van der Waals surface area contributed by atoms with Crippen molar-refractivity contribution in [3.8, 4) is 6.07 Å². The summed E-state index contributed by atoms with van der Waals surface area (Å²) in [4.78, 5) is 6.56. The fraction of sp³-hybridized carbons (Fsp3) is 0.467. The van der Waals surface area contributed by atoms with Gasteiger partial charge in [-0.25, -0.2) is 4.98 Å². The predicted octanol–water partition coefficient (Wildman–Crippen LogP) is 2.87. The first-order valence-corrected chi connectivity index (χ1v) is 6.56. The molecule has 4 nitrogen and oxygen atoms in total. The first kappa shape index (κ1) is 12.2. The Bertz CT molecular complexity index is 649. The van der Waals surface area contributed by atoms with E-state index in [0.29, 0.717) is 5.89 Å². The van der Waals surface area contributed by atoms with Gasteiger partial charge >= 0.3 is 0 Å². The largest absolute Gasteiger partial charge is 0.441 e. The molecule has 0 aliphatic heterocycles.